The number of hydrogen-bond acceptors (Lipinski definition) is 12. The summed E-state index contributed by atoms with van der Waals surface area (Å²) in [6.07, 6.45) is -0.843. The van der Waals surface area contributed by atoms with E-state index in [1.54, 1.807) is 25.7 Å². The van der Waals surface area contributed by atoms with Crippen molar-refractivity contribution in [2.24, 2.45) is 17.8 Å². The molecule has 0 aliphatic carbocycles. The van der Waals surface area contributed by atoms with Crippen LogP contribution in [-0.2, 0) is 23.9 Å². The number of carboxylic acids is 1. The maximum absolute atomic E-state index is 13.4. The molecule has 6 atom stereocenters. The molecule has 9 aromatic carbocycles. The number of rotatable bonds is 14. The van der Waals surface area contributed by atoms with Crippen molar-refractivity contribution in [2.75, 3.05) is 76.9 Å². The summed E-state index contributed by atoms with van der Waals surface area (Å²) in [7, 11) is 0. The van der Waals surface area contributed by atoms with Gasteiger partial charge in [0, 0.05) is 108 Å². The Morgan fingerprint density at radius 3 is 1.10 bits per heavy atom. The van der Waals surface area contributed by atoms with Crippen molar-refractivity contribution in [2.45, 2.75) is 70.5 Å². The summed E-state index contributed by atoms with van der Waals surface area (Å²) < 4.78 is 10.9. The highest BCUT2D eigenvalue weighted by Gasteiger charge is 2.43. The third-order valence-corrected chi connectivity index (χ3v) is 16.2. The topological polar surface area (TPSA) is 229 Å². The van der Waals surface area contributed by atoms with Gasteiger partial charge < -0.3 is 62.0 Å². The van der Waals surface area contributed by atoms with Gasteiger partial charge in [0.05, 0.1) is 23.1 Å². The Bertz CT molecular complexity index is 3980. The number of hydrogen-bond donors (Lipinski definition) is 8. The number of anilines is 9. The predicted octanol–water partition coefficient (Wildman–Crippen LogP) is 17.5. The third-order valence-electron chi connectivity index (χ3n) is 16.2. The lowest BCUT2D eigenvalue weighted by Crippen LogP contribution is -2.36. The Balaban J connectivity index is 0.000000173. The highest BCUT2D eigenvalue weighted by Crippen LogP contribution is 2.37. The Morgan fingerprint density at radius 2 is 0.727 bits per heavy atom. The fourth-order valence-electron chi connectivity index (χ4n) is 11.7. The van der Waals surface area contributed by atoms with E-state index < -0.39 is 35.3 Å². The number of carbonyl (C=O) groups excluding carboxylic acids is 4. The molecule has 516 valence electrons. The van der Waals surface area contributed by atoms with Crippen molar-refractivity contribution in [3.8, 4) is 0 Å². The van der Waals surface area contributed by atoms with Crippen molar-refractivity contribution in [1.29, 1.82) is 0 Å². The molecule has 3 heterocycles. The zero-order valence-electron chi connectivity index (χ0n) is 56.7. The van der Waals surface area contributed by atoms with Gasteiger partial charge in [-0.15, -0.1) is 23.2 Å². The first-order valence-electron chi connectivity index (χ1n) is 32.9. The lowest BCUT2D eigenvalue weighted by Gasteiger charge is -2.24. The van der Waals surface area contributed by atoms with E-state index in [1.165, 1.54) is 10.5 Å². The minimum absolute atomic E-state index is 0.0608. The molecule has 0 radical (unpaired) electrons. The number of likely N-dealkylation sites (tertiary alicyclic amines) is 2. The van der Waals surface area contributed by atoms with E-state index in [-0.39, 0.29) is 53.3 Å². The molecule has 4 amide bonds. The summed E-state index contributed by atoms with van der Waals surface area (Å²) >= 11 is 9.53. The van der Waals surface area contributed by atoms with Crippen LogP contribution in [0, 0.1) is 17.8 Å². The largest absolute Gasteiger partial charge is 0.481 e. The second-order valence-electron chi connectivity index (χ2n) is 26.0. The maximum Gasteiger partial charge on any atom is 0.410 e. The fraction of sp³-hybridized carbons (Fsp3) is 0.263. The summed E-state index contributed by atoms with van der Waals surface area (Å²) in [6.45, 7) is 13.8. The number of alkyl halides is 2. The van der Waals surface area contributed by atoms with Gasteiger partial charge in [-0.2, -0.15) is 0 Å². The molecule has 99 heavy (non-hydrogen) atoms. The van der Waals surface area contributed by atoms with Crippen LogP contribution in [0.25, 0.3) is 0 Å². The smallest absolute Gasteiger partial charge is 0.410 e. The van der Waals surface area contributed by atoms with Gasteiger partial charge in [-0.3, -0.25) is 14.4 Å². The molecule has 3 aliphatic rings. The van der Waals surface area contributed by atoms with Crippen molar-refractivity contribution < 1.29 is 38.6 Å². The number of amides is 4. The fourth-order valence-corrected chi connectivity index (χ4v) is 11.7. The summed E-state index contributed by atoms with van der Waals surface area (Å²) in [5.74, 6) is -2.09. The molecule has 0 spiro atoms. The number of benzene rings is 9. The maximum atomic E-state index is 13.4. The number of para-hydroxylation sites is 3. The molecule has 17 nitrogen and oxygen atoms in total. The predicted molar refractivity (Wildman–Crippen MR) is 401 cm³/mol. The van der Waals surface area contributed by atoms with Crippen molar-refractivity contribution in [3.05, 3.63) is 271 Å². The molecule has 12 rings (SSSR count). The van der Waals surface area contributed by atoms with Crippen molar-refractivity contribution in [3.63, 3.8) is 0 Å². The van der Waals surface area contributed by atoms with Crippen LogP contribution in [0.2, 0.25) is 0 Å². The number of nitrogen functional groups attached to an aromatic ring is 1. The number of carbonyl (C=O) groups is 5. The van der Waals surface area contributed by atoms with Crippen LogP contribution >= 0.6 is 23.2 Å². The van der Waals surface area contributed by atoms with E-state index in [4.69, 9.17) is 38.4 Å². The number of nitrogens with zero attached hydrogens (tertiary/aromatic N) is 2. The molecule has 0 unspecified atom stereocenters. The van der Waals surface area contributed by atoms with E-state index in [0.29, 0.717) is 31.9 Å². The quantitative estimate of drug-likeness (QED) is 0.0375. The van der Waals surface area contributed by atoms with Crippen LogP contribution in [0.3, 0.4) is 0 Å². The minimum Gasteiger partial charge on any atom is -0.481 e. The highest BCUT2D eigenvalue weighted by atomic mass is 35.5. The second-order valence-corrected chi connectivity index (χ2v) is 26.8. The van der Waals surface area contributed by atoms with Gasteiger partial charge in [0.25, 0.3) is 0 Å². The van der Waals surface area contributed by atoms with Gasteiger partial charge in [0.2, 0.25) is 11.8 Å². The van der Waals surface area contributed by atoms with E-state index in [9.17, 15) is 29.1 Å². The van der Waals surface area contributed by atoms with E-state index in [2.05, 4.69) is 44.0 Å². The first-order valence-corrected chi connectivity index (χ1v) is 34.0. The Labute approximate surface area is 591 Å². The normalized spacial score (nSPS) is 17.5. The van der Waals surface area contributed by atoms with Gasteiger partial charge >= 0.3 is 18.2 Å². The zero-order chi connectivity index (χ0) is 70.7. The van der Waals surface area contributed by atoms with Crippen LogP contribution in [0.5, 0.6) is 0 Å². The first-order chi connectivity index (χ1) is 47.6. The average molecular weight is 1380 g/mol. The van der Waals surface area contributed by atoms with Gasteiger partial charge in [-0.05, 0) is 149 Å². The number of ether oxygens (including phenoxy) is 2. The van der Waals surface area contributed by atoms with Gasteiger partial charge in [0.1, 0.15) is 11.2 Å². The molecule has 3 saturated heterocycles. The molecule has 19 heteroatoms. The number of nitrogens with two attached hydrogens (primary N) is 1. The van der Waals surface area contributed by atoms with Crippen LogP contribution in [0.1, 0.15) is 76.0 Å². The summed E-state index contributed by atoms with van der Waals surface area (Å²) in [5.41, 5.74) is 15.9. The SMILES string of the molecule is CC(C)(C)OC(=O)N1C[C@H](C(=O)Nc2cccc(Nc3ccccc3)c2)[C@@H](c2ccccc2)C1.CC(C)(C)OC(=O)N1C[C@H](C(=O)O)[C@@H](c2ccccc2)C1.ClCCl.Nc1cccc(Nc2ccccc2)c1.O=C(Nc1cccc(Nc2ccccc2)c1)[C@H]1CNC[C@@H]1c1ccccc1. The molecular formula is C80H89Cl2N9O8. The number of nitrogens with one attached hydrogen (secondary N) is 6. The third kappa shape index (κ3) is 24.0. The van der Waals surface area contributed by atoms with Gasteiger partial charge in [-0.25, -0.2) is 9.59 Å². The summed E-state index contributed by atoms with van der Waals surface area (Å²) in [6, 6.07) is 82.6. The summed E-state index contributed by atoms with van der Waals surface area (Å²) in [4.78, 5) is 65.8. The second kappa shape index (κ2) is 36.9. The minimum atomic E-state index is -0.880. The first kappa shape index (κ1) is 74.5. The zero-order valence-corrected chi connectivity index (χ0v) is 58.2. The van der Waals surface area contributed by atoms with Crippen LogP contribution < -0.4 is 37.6 Å². The number of halogens is 2. The Kier molecular flexibility index (Phi) is 27.7. The lowest BCUT2D eigenvalue weighted by molar-refractivity contribution is -0.141. The molecule has 9 N–H and O–H groups in total. The average Bonchev–Trinajstić information content (AvgIpc) is 1.67. The Hall–Kier alpha value is -10.3. The molecule has 0 bridgehead atoms. The van der Waals surface area contributed by atoms with E-state index in [1.807, 2.05) is 263 Å². The van der Waals surface area contributed by atoms with Crippen LogP contribution in [0.15, 0.2) is 255 Å². The number of aliphatic carboxylic acids is 1. The number of carboxylic acid groups (broad SMARTS) is 1. The molecular weight excluding hydrogens is 1290 g/mol. The van der Waals surface area contributed by atoms with Crippen molar-refractivity contribution in [1.82, 2.24) is 15.1 Å². The van der Waals surface area contributed by atoms with E-state index in [0.717, 1.165) is 63.2 Å². The monoisotopic (exact) mass is 1370 g/mol. The highest BCUT2D eigenvalue weighted by molar-refractivity contribution is 6.40. The molecule has 9 aromatic rings. The molecule has 3 aliphatic heterocycles. The lowest BCUT2D eigenvalue weighted by atomic mass is 9.88. The summed E-state index contributed by atoms with van der Waals surface area (Å²) in [5, 5.41) is 29.1. The van der Waals surface area contributed by atoms with Crippen molar-refractivity contribution >= 4 is 104 Å². The van der Waals surface area contributed by atoms with Crippen LogP contribution in [0.4, 0.5) is 60.8 Å². The van der Waals surface area contributed by atoms with Gasteiger partial charge in [-0.1, -0.05) is 164 Å². The van der Waals surface area contributed by atoms with Crippen LogP contribution in [-0.4, -0.2) is 101 Å². The molecule has 3 fully saturated rings. The van der Waals surface area contributed by atoms with E-state index >= 15 is 0 Å². The Morgan fingerprint density at radius 1 is 0.414 bits per heavy atom. The molecule has 0 aromatic heterocycles. The standard InChI is InChI=1S/C28H31N3O3.C23H23N3O.C16H21NO4.C12H12N2.CH2Cl2/c1-28(2,3)34-27(33)31-18-24(20-11-6-4-7-12-20)25(19-31)26(32)30-23-16-10-15-22(17-23)29-21-13-8-5-9-14-21;27-23(22-16-24-15-21(22)17-8-3-1-4-9-17)26-20-13-7-12-19(14-20)25-18-10-5-2-6-11-18;1-16(2,3)21-15(20)17-9-12(13(10-17)14(18)19)11-7-5-4-6-8-11;13-10-5-4-8-12(9-10)14-11-6-2-1-3-7-11;2-1-3/h4-17,24-25,29H,18-19H2,1-3H3,(H,30,32);1-14,21-22,24-25H,15-16H2,(H,26,27);4-8,12-13H,9-10H2,1-3H3,(H,18,19);1-9,14H,13H2;1H2/t24-,25+;21-,22+;12-,13+;;/m111../s1. The van der Waals surface area contributed by atoms with Gasteiger partial charge in [0.15, 0.2) is 0 Å². The molecule has 0 saturated carbocycles.